The summed E-state index contributed by atoms with van der Waals surface area (Å²) in [5.74, 6) is 1.47. The summed E-state index contributed by atoms with van der Waals surface area (Å²) in [4.78, 5) is 0. The molecule has 2 N–H and O–H groups in total. The summed E-state index contributed by atoms with van der Waals surface area (Å²) in [6.45, 7) is 0.759. The zero-order chi connectivity index (χ0) is 12.4. The van der Waals surface area contributed by atoms with Gasteiger partial charge < -0.3 is 10.5 Å². The molecule has 2 aliphatic rings. The minimum absolute atomic E-state index is 0.179. The molecule has 2 unspecified atom stereocenters. The van der Waals surface area contributed by atoms with Gasteiger partial charge in [0.25, 0.3) is 0 Å². The Balaban J connectivity index is 1.73. The number of nitrogens with two attached hydrogens (primary N) is 1. The average Bonchev–Trinajstić information content (AvgIpc) is 2.47. The number of rotatable bonds is 2. The van der Waals surface area contributed by atoms with Crippen LogP contribution in [0.2, 0.25) is 0 Å². The molecule has 0 fully saturated rings. The predicted molar refractivity (Wildman–Crippen MR) is 73.7 cm³/mol. The third-order valence-electron chi connectivity index (χ3n) is 4.17. The highest BCUT2D eigenvalue weighted by Crippen LogP contribution is 2.31. The summed E-state index contributed by atoms with van der Waals surface area (Å²) >= 11 is 0. The summed E-state index contributed by atoms with van der Waals surface area (Å²) in [7, 11) is 0. The summed E-state index contributed by atoms with van der Waals surface area (Å²) in [6, 6.07) is 8.50. The van der Waals surface area contributed by atoms with E-state index < -0.39 is 0 Å². The van der Waals surface area contributed by atoms with Gasteiger partial charge >= 0.3 is 0 Å². The number of para-hydroxylation sites is 1. The zero-order valence-corrected chi connectivity index (χ0v) is 10.8. The highest BCUT2D eigenvalue weighted by Gasteiger charge is 2.27. The third-order valence-corrected chi connectivity index (χ3v) is 4.17. The molecule has 0 radical (unpaired) electrons. The lowest BCUT2D eigenvalue weighted by atomic mass is 9.83. The molecular formula is C16H21NO. The molecule has 1 heterocycles. The van der Waals surface area contributed by atoms with Gasteiger partial charge in [0, 0.05) is 12.0 Å². The lowest BCUT2D eigenvalue weighted by molar-refractivity contribution is 0.206. The Morgan fingerprint density at radius 3 is 2.94 bits per heavy atom. The minimum Gasteiger partial charge on any atom is -0.493 e. The van der Waals surface area contributed by atoms with Gasteiger partial charge in [-0.05, 0) is 43.7 Å². The second-order valence-electron chi connectivity index (χ2n) is 5.43. The largest absolute Gasteiger partial charge is 0.493 e. The van der Waals surface area contributed by atoms with Crippen molar-refractivity contribution in [2.75, 3.05) is 6.61 Å². The van der Waals surface area contributed by atoms with Crippen LogP contribution in [0.3, 0.4) is 0 Å². The molecule has 0 spiro atoms. The highest BCUT2D eigenvalue weighted by atomic mass is 16.5. The normalized spacial score (nSPS) is 24.7. The Morgan fingerprint density at radius 2 is 2.11 bits per heavy atom. The molecule has 1 aliphatic carbocycles. The molecule has 2 nitrogen and oxygen atoms in total. The third kappa shape index (κ3) is 2.30. The van der Waals surface area contributed by atoms with Gasteiger partial charge in [0.2, 0.25) is 0 Å². The first kappa shape index (κ1) is 11.8. The standard InChI is InChI=1S/C16H21NO/c17-16(12-6-2-1-3-7-12)14-10-13-8-4-5-9-15(13)18-11-14/h4-6,8-9,14,16H,1-3,7,10-11,17H2. The lowest BCUT2D eigenvalue weighted by Crippen LogP contribution is -2.39. The number of hydrogen-bond donors (Lipinski definition) is 1. The summed E-state index contributed by atoms with van der Waals surface area (Å²) in [5, 5.41) is 0. The van der Waals surface area contributed by atoms with Gasteiger partial charge in [-0.1, -0.05) is 29.8 Å². The number of hydrogen-bond acceptors (Lipinski definition) is 2. The van der Waals surface area contributed by atoms with E-state index >= 15 is 0 Å². The Labute approximate surface area is 109 Å². The maximum Gasteiger partial charge on any atom is 0.122 e. The molecule has 2 heteroatoms. The molecule has 96 valence electrons. The van der Waals surface area contributed by atoms with E-state index in [2.05, 4.69) is 24.3 Å². The molecule has 0 saturated carbocycles. The van der Waals surface area contributed by atoms with E-state index in [9.17, 15) is 0 Å². The number of benzene rings is 1. The summed E-state index contributed by atoms with van der Waals surface area (Å²) in [5.41, 5.74) is 9.19. The maximum absolute atomic E-state index is 6.43. The van der Waals surface area contributed by atoms with Crippen LogP contribution in [0, 0.1) is 5.92 Å². The monoisotopic (exact) mass is 243 g/mol. The van der Waals surface area contributed by atoms with E-state index in [1.54, 1.807) is 0 Å². The highest BCUT2D eigenvalue weighted by molar-refractivity contribution is 5.36. The molecule has 0 aromatic heterocycles. The maximum atomic E-state index is 6.43. The van der Waals surface area contributed by atoms with E-state index in [1.165, 1.54) is 36.8 Å². The number of fused-ring (bicyclic) bond motifs is 1. The Kier molecular flexibility index (Phi) is 3.37. The predicted octanol–water partition coefficient (Wildman–Crippen LogP) is 3.07. The lowest BCUT2D eigenvalue weighted by Gasteiger charge is -2.32. The number of ether oxygens (including phenoxy) is 1. The van der Waals surface area contributed by atoms with Crippen molar-refractivity contribution >= 4 is 0 Å². The van der Waals surface area contributed by atoms with Crippen molar-refractivity contribution in [3.05, 3.63) is 41.5 Å². The Hall–Kier alpha value is -1.28. The van der Waals surface area contributed by atoms with Crippen molar-refractivity contribution in [3.63, 3.8) is 0 Å². The van der Waals surface area contributed by atoms with E-state index in [0.29, 0.717) is 5.92 Å². The fourth-order valence-corrected chi connectivity index (χ4v) is 3.05. The van der Waals surface area contributed by atoms with Crippen LogP contribution < -0.4 is 10.5 Å². The van der Waals surface area contributed by atoms with Crippen molar-refractivity contribution in [1.82, 2.24) is 0 Å². The van der Waals surface area contributed by atoms with Gasteiger partial charge in [0.1, 0.15) is 5.75 Å². The van der Waals surface area contributed by atoms with E-state index in [4.69, 9.17) is 10.5 Å². The van der Waals surface area contributed by atoms with Crippen molar-refractivity contribution in [2.24, 2.45) is 11.7 Å². The first-order chi connectivity index (χ1) is 8.84. The fourth-order valence-electron chi connectivity index (χ4n) is 3.05. The molecule has 0 amide bonds. The summed E-state index contributed by atoms with van der Waals surface area (Å²) < 4.78 is 5.84. The second kappa shape index (κ2) is 5.15. The SMILES string of the molecule is NC(C1=CCCCC1)C1COc2ccccc2C1. The van der Waals surface area contributed by atoms with Crippen LogP contribution in [-0.2, 0) is 6.42 Å². The van der Waals surface area contributed by atoms with Gasteiger partial charge in [-0.2, -0.15) is 0 Å². The van der Waals surface area contributed by atoms with Crippen LogP contribution in [0.1, 0.15) is 31.2 Å². The Morgan fingerprint density at radius 1 is 1.22 bits per heavy atom. The van der Waals surface area contributed by atoms with Crippen molar-refractivity contribution in [1.29, 1.82) is 0 Å². The smallest absolute Gasteiger partial charge is 0.122 e. The van der Waals surface area contributed by atoms with Gasteiger partial charge in [-0.15, -0.1) is 0 Å². The molecule has 18 heavy (non-hydrogen) atoms. The quantitative estimate of drug-likeness (QED) is 0.810. The van der Waals surface area contributed by atoms with Gasteiger partial charge in [-0.25, -0.2) is 0 Å². The van der Waals surface area contributed by atoms with Crippen molar-refractivity contribution in [3.8, 4) is 5.75 Å². The van der Waals surface area contributed by atoms with Gasteiger partial charge in [-0.3, -0.25) is 0 Å². The first-order valence-corrected chi connectivity index (χ1v) is 7.00. The van der Waals surface area contributed by atoms with Crippen molar-refractivity contribution < 1.29 is 4.74 Å². The van der Waals surface area contributed by atoms with Crippen LogP contribution in [0.5, 0.6) is 5.75 Å². The first-order valence-electron chi connectivity index (χ1n) is 7.00. The van der Waals surface area contributed by atoms with Crippen LogP contribution >= 0.6 is 0 Å². The van der Waals surface area contributed by atoms with E-state index in [0.717, 1.165) is 18.8 Å². The average molecular weight is 243 g/mol. The molecule has 1 aromatic rings. The van der Waals surface area contributed by atoms with Crippen molar-refractivity contribution in [2.45, 2.75) is 38.1 Å². The summed E-state index contributed by atoms with van der Waals surface area (Å²) in [6.07, 6.45) is 8.40. The topological polar surface area (TPSA) is 35.2 Å². The van der Waals surface area contributed by atoms with Crippen LogP contribution in [-0.4, -0.2) is 12.6 Å². The van der Waals surface area contributed by atoms with Crippen LogP contribution in [0.25, 0.3) is 0 Å². The molecule has 3 rings (SSSR count). The number of allylic oxidation sites excluding steroid dienone is 1. The second-order valence-corrected chi connectivity index (χ2v) is 5.43. The minimum atomic E-state index is 0.179. The zero-order valence-electron chi connectivity index (χ0n) is 10.8. The molecule has 1 aromatic carbocycles. The van der Waals surface area contributed by atoms with Gasteiger partial charge in [0.15, 0.2) is 0 Å². The fraction of sp³-hybridized carbons (Fsp3) is 0.500. The van der Waals surface area contributed by atoms with Crippen LogP contribution in [0.4, 0.5) is 0 Å². The van der Waals surface area contributed by atoms with E-state index in [1.807, 2.05) is 6.07 Å². The molecule has 1 aliphatic heterocycles. The molecular weight excluding hydrogens is 222 g/mol. The molecule has 0 bridgehead atoms. The molecule has 0 saturated heterocycles. The van der Waals surface area contributed by atoms with E-state index in [-0.39, 0.29) is 6.04 Å². The Bertz CT molecular complexity index is 452. The van der Waals surface area contributed by atoms with Crippen LogP contribution in [0.15, 0.2) is 35.9 Å². The molecule has 2 atom stereocenters. The van der Waals surface area contributed by atoms with Gasteiger partial charge in [0.05, 0.1) is 6.61 Å².